The van der Waals surface area contributed by atoms with Crippen LogP contribution in [0, 0.1) is 13.8 Å². The number of hydrogen-bond acceptors (Lipinski definition) is 3. The van der Waals surface area contributed by atoms with Crippen molar-refractivity contribution in [2.75, 3.05) is 0 Å². The lowest BCUT2D eigenvalue weighted by Crippen LogP contribution is -2.11. The second kappa shape index (κ2) is 14.1. The van der Waals surface area contributed by atoms with Gasteiger partial charge in [0.25, 0.3) is 0 Å². The highest BCUT2D eigenvalue weighted by Gasteiger charge is 2.24. The van der Waals surface area contributed by atoms with E-state index in [2.05, 4.69) is 138 Å². The van der Waals surface area contributed by atoms with E-state index in [1.807, 2.05) is 36.5 Å². The van der Waals surface area contributed by atoms with Gasteiger partial charge in [0.05, 0.1) is 28.0 Å². The molecule has 0 bridgehead atoms. The molecule has 8 rings (SSSR count). The predicted octanol–water partition coefficient (Wildman–Crippen LogP) is 13.7. The highest BCUT2D eigenvalue weighted by atomic mass is 16.3. The lowest BCUT2D eigenvalue weighted by atomic mass is 9.83. The number of nitrogens with zero attached hydrogens (tertiary/aromatic N) is 3. The van der Waals surface area contributed by atoms with Crippen molar-refractivity contribution in [2.24, 2.45) is 0 Å². The molecule has 0 spiro atoms. The molecule has 1 N–H and O–H groups in total. The number of pyridine rings is 1. The summed E-state index contributed by atoms with van der Waals surface area (Å²) in [5.74, 6) is 0.636. The Morgan fingerprint density at radius 3 is 1.95 bits per heavy atom. The summed E-state index contributed by atoms with van der Waals surface area (Å²) in [5.41, 5.74) is 14.1. The van der Waals surface area contributed by atoms with Crippen LogP contribution in [0.4, 0.5) is 0 Å². The standard InChI is InChI=1S/C52H49N3O/c1-33-16-19-35(20-17-33)37-26-27-53-45(32-37)39-29-38(30-41(31-39)52(6,7)8)42-13-11-14-47-49(42)54-50(43-12-9-10-15-48(43)56)55(47)46-25-18-34(2)28-44(46)36-21-23-40(24-22-36)51(3,4)5/h9-32,56H,1-8H3/i2D3. The lowest BCUT2D eigenvalue weighted by molar-refractivity contribution is 0.477. The maximum Gasteiger partial charge on any atom is 0.149 e. The second-order valence-electron chi connectivity index (χ2n) is 16.9. The van der Waals surface area contributed by atoms with Gasteiger partial charge in [-0.2, -0.15) is 0 Å². The molecule has 0 saturated heterocycles. The van der Waals surface area contributed by atoms with Gasteiger partial charge in [0, 0.05) is 27.0 Å². The molecule has 0 saturated carbocycles. The van der Waals surface area contributed by atoms with Crippen LogP contribution in [0.1, 0.15) is 67.9 Å². The van der Waals surface area contributed by atoms with Crippen LogP contribution in [0.15, 0.2) is 146 Å². The van der Waals surface area contributed by atoms with Crippen molar-refractivity contribution in [1.29, 1.82) is 0 Å². The first-order valence-electron chi connectivity index (χ1n) is 20.7. The fraction of sp³-hybridized carbons (Fsp3) is 0.192. The predicted molar refractivity (Wildman–Crippen MR) is 235 cm³/mol. The van der Waals surface area contributed by atoms with E-state index in [9.17, 15) is 5.11 Å². The Hall–Kier alpha value is -6.26. The second-order valence-corrected chi connectivity index (χ2v) is 16.9. The van der Waals surface area contributed by atoms with E-state index in [1.165, 1.54) is 11.1 Å². The quantitative estimate of drug-likeness (QED) is 0.185. The van der Waals surface area contributed by atoms with Crippen molar-refractivity contribution in [1.82, 2.24) is 14.5 Å². The Morgan fingerprint density at radius 1 is 0.554 bits per heavy atom. The zero-order chi connectivity index (χ0) is 41.9. The normalized spacial score (nSPS) is 13.0. The van der Waals surface area contributed by atoms with Crippen molar-refractivity contribution >= 4 is 11.0 Å². The third kappa shape index (κ3) is 7.04. The zero-order valence-corrected chi connectivity index (χ0v) is 33.1. The first-order valence-corrected chi connectivity index (χ1v) is 19.2. The summed E-state index contributed by atoms with van der Waals surface area (Å²) >= 11 is 0. The van der Waals surface area contributed by atoms with E-state index in [1.54, 1.807) is 24.3 Å². The number of imidazole rings is 1. The number of fused-ring (bicyclic) bond motifs is 1. The van der Waals surface area contributed by atoms with E-state index in [-0.39, 0.29) is 22.1 Å². The molecule has 0 unspecified atom stereocenters. The molecule has 0 atom stereocenters. The number of phenols is 1. The van der Waals surface area contributed by atoms with Crippen LogP contribution in [0.3, 0.4) is 0 Å². The van der Waals surface area contributed by atoms with Gasteiger partial charge in [-0.25, -0.2) is 4.98 Å². The summed E-state index contributed by atoms with van der Waals surface area (Å²) in [5, 5.41) is 11.4. The summed E-state index contributed by atoms with van der Waals surface area (Å²) in [7, 11) is 0. The average molecular weight is 735 g/mol. The van der Waals surface area contributed by atoms with Crippen molar-refractivity contribution in [2.45, 2.75) is 66.1 Å². The van der Waals surface area contributed by atoms with Crippen molar-refractivity contribution in [3.05, 3.63) is 168 Å². The van der Waals surface area contributed by atoms with Gasteiger partial charge in [-0.15, -0.1) is 0 Å². The van der Waals surface area contributed by atoms with Gasteiger partial charge in [-0.05, 0) is 113 Å². The monoisotopic (exact) mass is 734 g/mol. The van der Waals surface area contributed by atoms with Gasteiger partial charge in [0.1, 0.15) is 11.6 Å². The summed E-state index contributed by atoms with van der Waals surface area (Å²) in [4.78, 5) is 10.3. The van der Waals surface area contributed by atoms with Crippen LogP contribution < -0.4 is 0 Å². The SMILES string of the molecule is [2H]C([2H])([2H])c1ccc(-n2c(-c3ccccc3O)nc3c(-c4cc(-c5cc(-c6ccc(C)cc6)ccn5)cc(C(C)(C)C)c4)cccc32)c(-c2ccc(C(C)(C)C)cc2)c1. The fourth-order valence-corrected chi connectivity index (χ4v) is 7.41. The molecule has 4 heteroatoms. The Morgan fingerprint density at radius 2 is 1.23 bits per heavy atom. The Bertz CT molecular complexity index is 2840. The molecule has 0 aliphatic rings. The number of phenolic OH excluding ortho intramolecular Hbond substituents is 1. The van der Waals surface area contributed by atoms with Crippen LogP contribution in [0.2, 0.25) is 0 Å². The van der Waals surface area contributed by atoms with Gasteiger partial charge < -0.3 is 5.11 Å². The number of benzene rings is 6. The first kappa shape index (κ1) is 33.1. The maximum atomic E-state index is 11.4. The van der Waals surface area contributed by atoms with E-state index in [0.717, 1.165) is 66.9 Å². The summed E-state index contributed by atoms with van der Waals surface area (Å²) < 4.78 is 27.1. The summed E-state index contributed by atoms with van der Waals surface area (Å²) in [6.45, 7) is 13.0. The molecule has 0 aliphatic carbocycles. The summed E-state index contributed by atoms with van der Waals surface area (Å²) in [6.07, 6.45) is 1.88. The molecule has 0 fully saturated rings. The molecule has 2 aromatic heterocycles. The molecule has 6 aromatic carbocycles. The van der Waals surface area contributed by atoms with Gasteiger partial charge >= 0.3 is 0 Å². The number of aryl methyl sites for hydroxylation is 2. The smallest absolute Gasteiger partial charge is 0.149 e. The minimum Gasteiger partial charge on any atom is -0.507 e. The third-order valence-electron chi connectivity index (χ3n) is 10.7. The number of rotatable bonds is 6. The van der Waals surface area contributed by atoms with Crippen LogP contribution >= 0.6 is 0 Å². The number of hydrogen-bond donors (Lipinski definition) is 1. The van der Waals surface area contributed by atoms with E-state index in [4.69, 9.17) is 14.1 Å². The molecular formula is C52H49N3O. The summed E-state index contributed by atoms with van der Waals surface area (Å²) in [6, 6.07) is 46.5. The zero-order valence-electron chi connectivity index (χ0n) is 36.1. The topological polar surface area (TPSA) is 50.9 Å². The average Bonchev–Trinajstić information content (AvgIpc) is 3.59. The molecule has 0 radical (unpaired) electrons. The van der Waals surface area contributed by atoms with E-state index in [0.29, 0.717) is 11.4 Å². The Balaban J connectivity index is 1.38. The minimum absolute atomic E-state index is 0.0546. The lowest BCUT2D eigenvalue weighted by Gasteiger charge is -2.22. The molecule has 0 amide bonds. The number of para-hydroxylation sites is 2. The molecule has 0 aliphatic heterocycles. The van der Waals surface area contributed by atoms with Crippen LogP contribution in [0.25, 0.3) is 72.7 Å². The molecule has 2 heterocycles. The molecule has 278 valence electrons. The molecular weight excluding hydrogens is 683 g/mol. The Labute approximate surface area is 335 Å². The van der Waals surface area contributed by atoms with Gasteiger partial charge in [0.15, 0.2) is 0 Å². The maximum absolute atomic E-state index is 11.4. The van der Waals surface area contributed by atoms with Crippen molar-refractivity contribution < 1.29 is 9.22 Å². The fourth-order valence-electron chi connectivity index (χ4n) is 7.41. The number of aromatic hydroxyl groups is 1. The minimum atomic E-state index is -2.31. The van der Waals surface area contributed by atoms with E-state index < -0.39 is 6.85 Å². The molecule has 56 heavy (non-hydrogen) atoms. The van der Waals surface area contributed by atoms with Crippen LogP contribution in [-0.2, 0) is 10.8 Å². The third-order valence-corrected chi connectivity index (χ3v) is 10.7. The highest BCUT2D eigenvalue weighted by Crippen LogP contribution is 2.42. The van der Waals surface area contributed by atoms with Gasteiger partial charge in [-0.3, -0.25) is 9.55 Å². The highest BCUT2D eigenvalue weighted by molar-refractivity contribution is 5.97. The van der Waals surface area contributed by atoms with E-state index >= 15 is 0 Å². The van der Waals surface area contributed by atoms with Gasteiger partial charge in [0.2, 0.25) is 0 Å². The van der Waals surface area contributed by atoms with Gasteiger partial charge in [-0.1, -0.05) is 138 Å². The first-order chi connectivity index (χ1) is 28.0. The molecule has 4 nitrogen and oxygen atoms in total. The van der Waals surface area contributed by atoms with Crippen molar-refractivity contribution in [3.63, 3.8) is 0 Å². The Kier molecular flexibility index (Phi) is 8.34. The van der Waals surface area contributed by atoms with Crippen molar-refractivity contribution in [3.8, 4) is 67.5 Å². The molecule has 8 aromatic rings. The van der Waals surface area contributed by atoms with Crippen LogP contribution in [0.5, 0.6) is 5.75 Å². The van der Waals surface area contributed by atoms with Crippen LogP contribution in [-0.4, -0.2) is 19.6 Å². The number of aromatic nitrogens is 3. The largest absolute Gasteiger partial charge is 0.507 e.